The average Bonchev–Trinajstić information content (AvgIpc) is 3.32. The van der Waals surface area contributed by atoms with E-state index in [9.17, 15) is 0 Å². The lowest BCUT2D eigenvalue weighted by Crippen LogP contribution is -2.44. The third-order valence-corrected chi connectivity index (χ3v) is 6.52. The number of likely N-dealkylation sites (tertiary alicyclic amines) is 1. The predicted molar refractivity (Wildman–Crippen MR) is 117 cm³/mol. The molecule has 0 spiro atoms. The summed E-state index contributed by atoms with van der Waals surface area (Å²) in [6, 6.07) is 8.04. The number of rotatable bonds is 7. The Labute approximate surface area is 175 Å². The highest BCUT2D eigenvalue weighted by Gasteiger charge is 2.38. The van der Waals surface area contributed by atoms with Crippen LogP contribution < -0.4 is 20.1 Å². The fourth-order valence-corrected chi connectivity index (χ4v) is 4.75. The van der Waals surface area contributed by atoms with Gasteiger partial charge in [-0.25, -0.2) is 0 Å². The van der Waals surface area contributed by atoms with Crippen molar-refractivity contribution >= 4 is 5.96 Å². The van der Waals surface area contributed by atoms with Gasteiger partial charge in [0.2, 0.25) is 0 Å². The van der Waals surface area contributed by atoms with E-state index in [2.05, 4.69) is 33.5 Å². The molecule has 0 amide bonds. The van der Waals surface area contributed by atoms with Crippen LogP contribution in [-0.4, -0.2) is 55.8 Å². The normalized spacial score (nSPS) is 26.0. The molecule has 2 unspecified atom stereocenters. The number of aliphatic imine (C=N–C) groups is 1. The molecule has 0 aromatic heterocycles. The van der Waals surface area contributed by atoms with Gasteiger partial charge in [0.1, 0.15) is 11.5 Å². The maximum absolute atomic E-state index is 6.32. The van der Waals surface area contributed by atoms with Crippen LogP contribution in [0.1, 0.15) is 57.4 Å². The second-order valence-corrected chi connectivity index (χ2v) is 8.78. The quantitative estimate of drug-likeness (QED) is 0.543. The van der Waals surface area contributed by atoms with Crippen LogP contribution in [-0.2, 0) is 6.54 Å². The minimum absolute atomic E-state index is 0.326. The zero-order valence-corrected chi connectivity index (χ0v) is 18.1. The van der Waals surface area contributed by atoms with E-state index >= 15 is 0 Å². The zero-order valence-electron chi connectivity index (χ0n) is 18.1. The summed E-state index contributed by atoms with van der Waals surface area (Å²) >= 11 is 0. The van der Waals surface area contributed by atoms with E-state index in [0.29, 0.717) is 24.7 Å². The molecule has 6 heteroatoms. The first-order valence-electron chi connectivity index (χ1n) is 11.2. The Hall–Kier alpha value is -1.95. The SMILES string of the molecule is CN=C(NCc1ccc(OC)cc1OC1CCCC1)NC1CC(C)N(C2CC2)C1. The van der Waals surface area contributed by atoms with Crippen LogP contribution >= 0.6 is 0 Å². The molecule has 2 N–H and O–H groups in total. The summed E-state index contributed by atoms with van der Waals surface area (Å²) in [5.41, 5.74) is 1.14. The Bertz CT molecular complexity index is 713. The molecule has 1 aliphatic heterocycles. The summed E-state index contributed by atoms with van der Waals surface area (Å²) in [6.45, 7) is 4.14. The van der Waals surface area contributed by atoms with Crippen LogP contribution in [0.5, 0.6) is 11.5 Å². The summed E-state index contributed by atoms with van der Waals surface area (Å²) in [4.78, 5) is 7.11. The first kappa shape index (κ1) is 20.3. The summed E-state index contributed by atoms with van der Waals surface area (Å²) in [6.07, 6.45) is 9.04. The van der Waals surface area contributed by atoms with Gasteiger partial charge in [-0.05, 0) is 64.0 Å². The van der Waals surface area contributed by atoms with E-state index in [4.69, 9.17) is 9.47 Å². The number of benzene rings is 1. The molecular weight excluding hydrogens is 364 g/mol. The molecule has 0 radical (unpaired) electrons. The molecule has 160 valence electrons. The van der Waals surface area contributed by atoms with E-state index in [-0.39, 0.29) is 0 Å². The fourth-order valence-electron chi connectivity index (χ4n) is 4.75. The molecule has 0 bridgehead atoms. The molecule has 1 aromatic carbocycles. The molecule has 2 atom stereocenters. The number of hydrogen-bond acceptors (Lipinski definition) is 4. The smallest absolute Gasteiger partial charge is 0.191 e. The monoisotopic (exact) mass is 400 g/mol. The van der Waals surface area contributed by atoms with Crippen molar-refractivity contribution in [2.45, 2.75) is 82.6 Å². The Balaban J connectivity index is 1.35. The summed E-state index contributed by atoms with van der Waals surface area (Å²) < 4.78 is 11.7. The lowest BCUT2D eigenvalue weighted by atomic mass is 10.1. The van der Waals surface area contributed by atoms with Crippen LogP contribution in [0.4, 0.5) is 0 Å². The molecule has 3 aliphatic rings. The van der Waals surface area contributed by atoms with E-state index in [1.807, 2.05) is 19.2 Å². The number of guanidine groups is 1. The van der Waals surface area contributed by atoms with Gasteiger partial charge in [0.15, 0.2) is 5.96 Å². The molecule has 1 heterocycles. The minimum Gasteiger partial charge on any atom is -0.497 e. The first-order chi connectivity index (χ1) is 14.2. The van der Waals surface area contributed by atoms with Crippen molar-refractivity contribution in [1.82, 2.24) is 15.5 Å². The second kappa shape index (κ2) is 9.24. The Kier molecular flexibility index (Phi) is 6.48. The summed E-state index contributed by atoms with van der Waals surface area (Å²) in [5.74, 6) is 2.63. The number of hydrogen-bond donors (Lipinski definition) is 2. The van der Waals surface area contributed by atoms with Crippen molar-refractivity contribution in [3.63, 3.8) is 0 Å². The van der Waals surface area contributed by atoms with Gasteiger partial charge in [-0.3, -0.25) is 9.89 Å². The van der Waals surface area contributed by atoms with Crippen LogP contribution in [0.25, 0.3) is 0 Å². The van der Waals surface area contributed by atoms with Gasteiger partial charge in [-0.2, -0.15) is 0 Å². The molecular formula is C23H36N4O2. The largest absolute Gasteiger partial charge is 0.497 e. The molecule has 2 saturated carbocycles. The highest BCUT2D eigenvalue weighted by Crippen LogP contribution is 2.33. The third-order valence-electron chi connectivity index (χ3n) is 6.52. The van der Waals surface area contributed by atoms with E-state index < -0.39 is 0 Å². The molecule has 2 aliphatic carbocycles. The summed E-state index contributed by atoms with van der Waals surface area (Å²) in [7, 11) is 3.54. The minimum atomic E-state index is 0.326. The van der Waals surface area contributed by atoms with Crippen LogP contribution in [0, 0.1) is 0 Å². The van der Waals surface area contributed by atoms with Crippen molar-refractivity contribution in [3.05, 3.63) is 23.8 Å². The molecule has 1 aromatic rings. The van der Waals surface area contributed by atoms with Gasteiger partial charge in [0.05, 0.1) is 13.2 Å². The van der Waals surface area contributed by atoms with Crippen molar-refractivity contribution < 1.29 is 9.47 Å². The van der Waals surface area contributed by atoms with Crippen molar-refractivity contribution in [1.29, 1.82) is 0 Å². The summed E-state index contributed by atoms with van der Waals surface area (Å²) in [5, 5.41) is 7.12. The topological polar surface area (TPSA) is 58.1 Å². The highest BCUT2D eigenvalue weighted by atomic mass is 16.5. The van der Waals surface area contributed by atoms with Gasteiger partial charge in [0, 0.05) is 49.9 Å². The number of nitrogens with zero attached hydrogens (tertiary/aromatic N) is 2. The highest BCUT2D eigenvalue weighted by molar-refractivity contribution is 5.80. The lowest BCUT2D eigenvalue weighted by Gasteiger charge is -2.21. The Morgan fingerprint density at radius 3 is 2.69 bits per heavy atom. The van der Waals surface area contributed by atoms with Gasteiger partial charge < -0.3 is 20.1 Å². The maximum atomic E-state index is 6.32. The lowest BCUT2D eigenvalue weighted by molar-refractivity contribution is 0.207. The van der Waals surface area contributed by atoms with Gasteiger partial charge in [-0.15, -0.1) is 0 Å². The van der Waals surface area contributed by atoms with Crippen LogP contribution in [0.15, 0.2) is 23.2 Å². The maximum Gasteiger partial charge on any atom is 0.191 e. The predicted octanol–water partition coefficient (Wildman–Crippen LogP) is 3.31. The first-order valence-corrected chi connectivity index (χ1v) is 11.2. The zero-order chi connectivity index (χ0) is 20.2. The molecule has 6 nitrogen and oxygen atoms in total. The number of methoxy groups -OCH3 is 1. The Morgan fingerprint density at radius 1 is 1.21 bits per heavy atom. The number of nitrogens with one attached hydrogen (secondary N) is 2. The molecule has 1 saturated heterocycles. The number of ether oxygens (including phenoxy) is 2. The standard InChI is InChI=1S/C23H36N4O2/c1-16-12-18(15-27(16)19-9-10-19)26-23(24-2)25-14-17-8-11-21(28-3)13-22(17)29-20-6-4-5-7-20/h8,11,13,16,18-20H,4-7,9-10,12,14-15H2,1-3H3,(H2,24,25,26). The van der Waals surface area contributed by atoms with Crippen molar-refractivity contribution in [3.8, 4) is 11.5 Å². The molecule has 4 rings (SSSR count). The van der Waals surface area contributed by atoms with Gasteiger partial charge >= 0.3 is 0 Å². The average molecular weight is 401 g/mol. The molecule has 3 fully saturated rings. The van der Waals surface area contributed by atoms with Crippen LogP contribution in [0.3, 0.4) is 0 Å². The van der Waals surface area contributed by atoms with Gasteiger partial charge in [0.25, 0.3) is 0 Å². The van der Waals surface area contributed by atoms with Crippen LogP contribution in [0.2, 0.25) is 0 Å². The van der Waals surface area contributed by atoms with E-state index in [1.165, 1.54) is 32.1 Å². The van der Waals surface area contributed by atoms with Gasteiger partial charge in [-0.1, -0.05) is 0 Å². The third kappa shape index (κ3) is 5.16. The second-order valence-electron chi connectivity index (χ2n) is 8.78. The fraction of sp³-hybridized carbons (Fsp3) is 0.696. The van der Waals surface area contributed by atoms with Crippen molar-refractivity contribution in [2.24, 2.45) is 4.99 Å². The Morgan fingerprint density at radius 2 is 2.00 bits per heavy atom. The molecule has 29 heavy (non-hydrogen) atoms. The van der Waals surface area contributed by atoms with Crippen molar-refractivity contribution in [2.75, 3.05) is 20.7 Å². The van der Waals surface area contributed by atoms with E-state index in [1.54, 1.807) is 7.11 Å². The van der Waals surface area contributed by atoms with E-state index in [0.717, 1.165) is 48.5 Å².